The van der Waals surface area contributed by atoms with Gasteiger partial charge >= 0.3 is 0 Å². The van der Waals surface area contributed by atoms with Crippen LogP contribution >= 0.6 is 0 Å². The Labute approximate surface area is 187 Å². The molecule has 0 saturated carbocycles. The van der Waals surface area contributed by atoms with Crippen molar-refractivity contribution in [3.8, 4) is 17.2 Å². The Morgan fingerprint density at radius 1 is 1.09 bits per heavy atom. The Morgan fingerprint density at radius 2 is 1.81 bits per heavy atom. The van der Waals surface area contributed by atoms with E-state index in [0.717, 1.165) is 36.3 Å². The molecule has 2 aliphatic rings. The topological polar surface area (TPSA) is 56.8 Å². The monoisotopic (exact) mass is 431 g/mol. The van der Waals surface area contributed by atoms with Crippen LogP contribution in [0.4, 0.5) is 5.69 Å². The van der Waals surface area contributed by atoms with Crippen LogP contribution in [0.5, 0.6) is 17.2 Å². The third-order valence-corrected chi connectivity index (χ3v) is 6.41. The number of hydrogen-bond donors (Lipinski definition) is 1. The van der Waals surface area contributed by atoms with Crippen molar-refractivity contribution < 1.29 is 23.5 Å². The smallest absolute Gasteiger partial charge is 0.287 e. The van der Waals surface area contributed by atoms with Gasteiger partial charge in [-0.25, -0.2) is 0 Å². The number of amides is 1. The van der Waals surface area contributed by atoms with Crippen LogP contribution in [0.15, 0.2) is 66.7 Å². The summed E-state index contributed by atoms with van der Waals surface area (Å²) in [6.07, 6.45) is 0.820. The normalized spacial score (nSPS) is 21.0. The third-order valence-electron chi connectivity index (χ3n) is 6.41. The minimum atomic E-state index is -0.469. The van der Waals surface area contributed by atoms with Crippen LogP contribution in [0.25, 0.3) is 0 Å². The van der Waals surface area contributed by atoms with E-state index in [1.54, 1.807) is 7.11 Å². The summed E-state index contributed by atoms with van der Waals surface area (Å²) in [6.45, 7) is 1.70. The van der Waals surface area contributed by atoms with Crippen molar-refractivity contribution in [1.29, 1.82) is 0 Å². The summed E-state index contributed by atoms with van der Waals surface area (Å²) in [5, 5.41) is 3.13. The first kappa shape index (κ1) is 20.4. The molecule has 3 aromatic rings. The Kier molecular flexibility index (Phi) is 5.23. The van der Waals surface area contributed by atoms with E-state index >= 15 is 0 Å². The molecule has 5 rings (SSSR count). The molecule has 6 heteroatoms. The zero-order chi connectivity index (χ0) is 22.1. The highest BCUT2D eigenvalue weighted by Crippen LogP contribution is 2.51. The lowest BCUT2D eigenvalue weighted by Crippen LogP contribution is -2.54. The molecule has 164 valence electrons. The number of ether oxygens (including phenoxy) is 3. The number of methoxy groups -OCH3 is 1. The van der Waals surface area contributed by atoms with Crippen molar-refractivity contribution in [2.45, 2.75) is 19.0 Å². The lowest BCUT2D eigenvalue weighted by atomic mass is 9.87. The molecule has 0 aromatic heterocycles. The van der Waals surface area contributed by atoms with Crippen LogP contribution < -0.4 is 19.5 Å². The molecule has 0 bridgehead atoms. The maximum Gasteiger partial charge on any atom is 0.287 e. The van der Waals surface area contributed by atoms with Crippen LogP contribution in [0.1, 0.15) is 22.7 Å². The molecule has 0 aliphatic carbocycles. The first-order valence-corrected chi connectivity index (χ1v) is 10.8. The molecule has 2 heterocycles. The molecule has 0 spiro atoms. The summed E-state index contributed by atoms with van der Waals surface area (Å²) in [5.74, 6) is 1.80. The maximum atomic E-state index is 13.9. The average molecular weight is 432 g/mol. The first-order valence-electron chi connectivity index (χ1n) is 10.8. The van der Waals surface area contributed by atoms with Crippen LogP contribution in [0, 0.1) is 0 Å². The summed E-state index contributed by atoms with van der Waals surface area (Å²) in [4.78, 5) is 13.9. The zero-order valence-electron chi connectivity index (χ0n) is 18.3. The second kappa shape index (κ2) is 8.20. The van der Waals surface area contributed by atoms with Crippen molar-refractivity contribution in [3.05, 3.63) is 83.4 Å². The van der Waals surface area contributed by atoms with E-state index in [1.165, 1.54) is 5.56 Å². The van der Waals surface area contributed by atoms with Crippen LogP contribution in [-0.2, 0) is 17.8 Å². The number of para-hydroxylation sites is 1. The Hall–Kier alpha value is -3.51. The summed E-state index contributed by atoms with van der Waals surface area (Å²) >= 11 is 0. The number of benzene rings is 3. The Morgan fingerprint density at radius 3 is 2.53 bits per heavy atom. The summed E-state index contributed by atoms with van der Waals surface area (Å²) in [7, 11) is 3.77. The van der Waals surface area contributed by atoms with E-state index in [9.17, 15) is 4.79 Å². The van der Waals surface area contributed by atoms with Crippen LogP contribution in [0.2, 0.25) is 0 Å². The highest BCUT2D eigenvalue weighted by molar-refractivity contribution is 5.96. The largest absolute Gasteiger partial charge is 0.492 e. The molecule has 2 aliphatic heterocycles. The van der Waals surface area contributed by atoms with Gasteiger partial charge in [-0.2, -0.15) is 0 Å². The number of carbonyl (C=O) groups excluding carboxylic acids is 1. The van der Waals surface area contributed by atoms with Gasteiger partial charge < -0.3 is 24.0 Å². The zero-order valence-corrected chi connectivity index (χ0v) is 18.3. The fourth-order valence-corrected chi connectivity index (χ4v) is 4.92. The third kappa shape index (κ3) is 3.56. The number of likely N-dealkylation sites (N-methyl/N-ethyl adjacent to an activating group) is 1. The SMILES string of the molecule is COc1c2c(cc3c1[C@H](C(=O)Nc1ccccc1)[N@+](C)(Cc1ccccc1)CC3)OCO2. The molecule has 1 N–H and O–H groups in total. The number of quaternary nitrogens is 1. The van der Waals surface area contributed by atoms with Crippen molar-refractivity contribution >= 4 is 11.6 Å². The molecule has 0 saturated heterocycles. The number of nitrogens with one attached hydrogen (secondary N) is 1. The van der Waals surface area contributed by atoms with Crippen molar-refractivity contribution in [3.63, 3.8) is 0 Å². The molecule has 0 radical (unpaired) electrons. The van der Waals surface area contributed by atoms with Gasteiger partial charge in [0.15, 0.2) is 17.5 Å². The quantitative estimate of drug-likeness (QED) is 0.612. The lowest BCUT2D eigenvalue weighted by Gasteiger charge is -2.45. The van der Waals surface area contributed by atoms with Gasteiger partial charge in [0.25, 0.3) is 5.91 Å². The predicted octanol–water partition coefficient (Wildman–Crippen LogP) is 4.31. The number of anilines is 1. The first-order chi connectivity index (χ1) is 15.6. The predicted molar refractivity (Wildman–Crippen MR) is 122 cm³/mol. The van der Waals surface area contributed by atoms with Gasteiger partial charge in [-0.3, -0.25) is 4.79 Å². The van der Waals surface area contributed by atoms with Gasteiger partial charge in [0, 0.05) is 17.7 Å². The molecular weight excluding hydrogens is 404 g/mol. The fraction of sp³-hybridized carbons (Fsp3) is 0.269. The molecule has 32 heavy (non-hydrogen) atoms. The number of fused-ring (bicyclic) bond motifs is 2. The van der Waals surface area contributed by atoms with Gasteiger partial charge in [-0.05, 0) is 23.8 Å². The molecule has 0 fully saturated rings. The lowest BCUT2D eigenvalue weighted by molar-refractivity contribution is -0.944. The van der Waals surface area contributed by atoms with Gasteiger partial charge in [0.2, 0.25) is 12.5 Å². The van der Waals surface area contributed by atoms with E-state index < -0.39 is 6.04 Å². The van der Waals surface area contributed by atoms with E-state index in [-0.39, 0.29) is 12.7 Å². The van der Waals surface area contributed by atoms with E-state index in [2.05, 4.69) is 24.5 Å². The summed E-state index contributed by atoms with van der Waals surface area (Å²) in [6, 6.07) is 21.4. The molecule has 3 aromatic carbocycles. The van der Waals surface area contributed by atoms with E-state index in [0.29, 0.717) is 21.7 Å². The minimum Gasteiger partial charge on any atom is -0.492 e. The van der Waals surface area contributed by atoms with Crippen LogP contribution in [-0.4, -0.2) is 37.9 Å². The van der Waals surface area contributed by atoms with Crippen molar-refractivity contribution in [2.75, 3.05) is 32.8 Å². The number of rotatable bonds is 5. The maximum absolute atomic E-state index is 13.9. The summed E-state index contributed by atoms with van der Waals surface area (Å²) < 4.78 is 17.7. The standard InChI is InChI=1S/C26H26N2O4/c1-28(16-18-9-5-3-6-10-18)14-13-19-15-21-24(32-17-31-21)25(30-2)22(19)23(28)26(29)27-20-11-7-4-8-12-20/h3-12,15,23H,13-14,16-17H2,1-2H3/p+1/t23-,28+/m1/s1. The Balaban J connectivity index is 1.62. The number of hydrogen-bond acceptors (Lipinski definition) is 4. The summed E-state index contributed by atoms with van der Waals surface area (Å²) in [5.41, 5.74) is 3.92. The second-order valence-corrected chi connectivity index (χ2v) is 8.57. The molecule has 2 atom stereocenters. The number of nitrogens with zero attached hydrogens (tertiary/aromatic N) is 1. The van der Waals surface area contributed by atoms with E-state index in [4.69, 9.17) is 14.2 Å². The molecular formula is C26H27N2O4+. The molecule has 6 nitrogen and oxygen atoms in total. The molecule has 1 amide bonds. The van der Waals surface area contributed by atoms with Crippen LogP contribution in [0.3, 0.4) is 0 Å². The minimum absolute atomic E-state index is 0.0623. The highest BCUT2D eigenvalue weighted by atomic mass is 16.7. The molecule has 0 unspecified atom stereocenters. The van der Waals surface area contributed by atoms with Crippen molar-refractivity contribution in [2.24, 2.45) is 0 Å². The second-order valence-electron chi connectivity index (χ2n) is 8.57. The number of carbonyl (C=O) groups is 1. The van der Waals surface area contributed by atoms with Gasteiger partial charge in [0.05, 0.1) is 26.3 Å². The van der Waals surface area contributed by atoms with Gasteiger partial charge in [-0.15, -0.1) is 0 Å². The van der Waals surface area contributed by atoms with Gasteiger partial charge in [0.1, 0.15) is 6.54 Å². The van der Waals surface area contributed by atoms with E-state index in [1.807, 2.05) is 54.6 Å². The fourth-order valence-electron chi connectivity index (χ4n) is 4.92. The van der Waals surface area contributed by atoms with Gasteiger partial charge in [-0.1, -0.05) is 48.5 Å². The average Bonchev–Trinajstić information content (AvgIpc) is 3.27. The highest BCUT2D eigenvalue weighted by Gasteiger charge is 2.47. The Bertz CT molecular complexity index is 1130. The van der Waals surface area contributed by atoms with Crippen molar-refractivity contribution in [1.82, 2.24) is 0 Å².